The van der Waals surface area contributed by atoms with Crippen molar-refractivity contribution in [2.75, 3.05) is 5.32 Å². The van der Waals surface area contributed by atoms with Gasteiger partial charge in [0, 0.05) is 13.2 Å². The molecule has 0 aliphatic heterocycles. The summed E-state index contributed by atoms with van der Waals surface area (Å²) in [7, 11) is 1.77. The van der Waals surface area contributed by atoms with Gasteiger partial charge >= 0.3 is 6.18 Å². The Balaban J connectivity index is 2.35. The third-order valence-corrected chi connectivity index (χ3v) is 3.21. The second kappa shape index (κ2) is 4.97. The zero-order chi connectivity index (χ0) is 15.1. The number of aromatic nitrogens is 3. The maximum absolute atomic E-state index is 12.5. The lowest BCUT2D eigenvalue weighted by molar-refractivity contribution is -0.137. The SMILES string of the molecule is Cc1nn(C)c(C)c1Nc1ncc(C(F)(F)F)cc1Cl. The zero-order valence-corrected chi connectivity index (χ0v) is 11.8. The summed E-state index contributed by atoms with van der Waals surface area (Å²) >= 11 is 5.84. The van der Waals surface area contributed by atoms with Crippen LogP contribution in [0.4, 0.5) is 24.7 Å². The monoisotopic (exact) mass is 304 g/mol. The van der Waals surface area contributed by atoms with Gasteiger partial charge in [0.1, 0.15) is 5.82 Å². The molecule has 0 atom stereocenters. The lowest BCUT2D eigenvalue weighted by Crippen LogP contribution is -2.07. The Morgan fingerprint density at radius 2 is 1.95 bits per heavy atom. The van der Waals surface area contributed by atoms with Crippen LogP contribution in [-0.4, -0.2) is 14.8 Å². The van der Waals surface area contributed by atoms with Crippen molar-refractivity contribution in [3.05, 3.63) is 34.2 Å². The van der Waals surface area contributed by atoms with Crippen LogP contribution in [-0.2, 0) is 13.2 Å². The van der Waals surface area contributed by atoms with Gasteiger partial charge in [-0.25, -0.2) is 4.98 Å². The summed E-state index contributed by atoms with van der Waals surface area (Å²) in [6.07, 6.45) is -3.72. The summed E-state index contributed by atoms with van der Waals surface area (Å²) in [6, 6.07) is 0.845. The normalized spacial score (nSPS) is 11.8. The Morgan fingerprint density at radius 1 is 1.30 bits per heavy atom. The molecule has 2 aromatic rings. The highest BCUT2D eigenvalue weighted by molar-refractivity contribution is 6.33. The van der Waals surface area contributed by atoms with E-state index < -0.39 is 11.7 Å². The molecule has 0 saturated heterocycles. The van der Waals surface area contributed by atoms with E-state index >= 15 is 0 Å². The van der Waals surface area contributed by atoms with E-state index in [4.69, 9.17) is 11.6 Å². The molecule has 1 N–H and O–H groups in total. The van der Waals surface area contributed by atoms with Crippen LogP contribution in [0.25, 0.3) is 0 Å². The van der Waals surface area contributed by atoms with E-state index in [9.17, 15) is 13.2 Å². The molecule has 2 heterocycles. The topological polar surface area (TPSA) is 42.7 Å². The quantitative estimate of drug-likeness (QED) is 0.916. The molecule has 0 spiro atoms. The molecule has 0 aliphatic rings. The molecule has 20 heavy (non-hydrogen) atoms. The molecule has 0 saturated carbocycles. The minimum absolute atomic E-state index is 0.0949. The standard InChI is InChI=1S/C12H12ClF3N4/c1-6-10(7(2)20(3)19-6)18-11-9(13)4-8(5-17-11)12(14,15)16/h4-5H,1-3H3,(H,17,18). The number of aryl methyl sites for hydroxylation is 2. The molecule has 0 aliphatic carbocycles. The Morgan fingerprint density at radius 3 is 2.40 bits per heavy atom. The predicted molar refractivity (Wildman–Crippen MR) is 70.2 cm³/mol. The summed E-state index contributed by atoms with van der Waals surface area (Å²) in [5.41, 5.74) is 1.34. The molecule has 0 bridgehead atoms. The van der Waals surface area contributed by atoms with Gasteiger partial charge in [-0.05, 0) is 19.9 Å². The highest BCUT2D eigenvalue weighted by Crippen LogP contribution is 2.33. The van der Waals surface area contributed by atoms with E-state index in [1.807, 2.05) is 6.92 Å². The minimum atomic E-state index is -4.46. The van der Waals surface area contributed by atoms with E-state index in [2.05, 4.69) is 15.4 Å². The average Bonchev–Trinajstić information content (AvgIpc) is 2.57. The third-order valence-electron chi connectivity index (χ3n) is 2.92. The molecule has 8 heteroatoms. The minimum Gasteiger partial charge on any atom is -0.336 e. The smallest absolute Gasteiger partial charge is 0.336 e. The number of pyridine rings is 1. The van der Waals surface area contributed by atoms with Crippen LogP contribution in [0.3, 0.4) is 0 Å². The summed E-state index contributed by atoms with van der Waals surface area (Å²) < 4.78 is 39.2. The Hall–Kier alpha value is -1.76. The first-order valence-corrected chi connectivity index (χ1v) is 6.08. The summed E-state index contributed by atoms with van der Waals surface area (Å²) in [4.78, 5) is 3.73. The molecule has 108 valence electrons. The predicted octanol–water partition coefficient (Wildman–Crippen LogP) is 3.85. The van der Waals surface area contributed by atoms with E-state index in [1.54, 1.807) is 18.7 Å². The first-order valence-electron chi connectivity index (χ1n) is 5.70. The van der Waals surface area contributed by atoms with Crippen LogP contribution >= 0.6 is 11.6 Å². The first-order chi connectivity index (χ1) is 9.20. The number of hydrogen-bond donors (Lipinski definition) is 1. The molecule has 2 rings (SSSR count). The maximum Gasteiger partial charge on any atom is 0.417 e. The van der Waals surface area contributed by atoms with Gasteiger partial charge < -0.3 is 5.32 Å². The fourth-order valence-electron chi connectivity index (χ4n) is 1.76. The van der Waals surface area contributed by atoms with Crippen molar-refractivity contribution in [1.29, 1.82) is 0 Å². The number of hydrogen-bond acceptors (Lipinski definition) is 3. The van der Waals surface area contributed by atoms with Gasteiger partial charge in [-0.1, -0.05) is 11.6 Å². The number of nitrogens with zero attached hydrogens (tertiary/aromatic N) is 3. The number of rotatable bonds is 2. The molecule has 0 aromatic carbocycles. The molecule has 0 fully saturated rings. The second-order valence-electron chi connectivity index (χ2n) is 4.35. The van der Waals surface area contributed by atoms with Crippen LogP contribution in [0.2, 0.25) is 5.02 Å². The Bertz CT molecular complexity index is 649. The van der Waals surface area contributed by atoms with E-state index in [0.717, 1.165) is 18.0 Å². The lowest BCUT2D eigenvalue weighted by Gasteiger charge is -2.11. The van der Waals surface area contributed by atoms with Crippen molar-refractivity contribution in [3.8, 4) is 0 Å². The summed E-state index contributed by atoms with van der Waals surface area (Å²) in [5, 5.41) is 7.02. The number of anilines is 2. The molecular formula is C12H12ClF3N4. The van der Waals surface area contributed by atoms with Gasteiger partial charge in [0.2, 0.25) is 0 Å². The highest BCUT2D eigenvalue weighted by Gasteiger charge is 2.31. The fraction of sp³-hybridized carbons (Fsp3) is 0.333. The largest absolute Gasteiger partial charge is 0.417 e. The highest BCUT2D eigenvalue weighted by atomic mass is 35.5. The number of alkyl halides is 3. The van der Waals surface area contributed by atoms with Crippen molar-refractivity contribution in [2.24, 2.45) is 7.05 Å². The zero-order valence-electron chi connectivity index (χ0n) is 11.0. The van der Waals surface area contributed by atoms with Crippen LogP contribution in [0.15, 0.2) is 12.3 Å². The molecular weight excluding hydrogens is 293 g/mol. The summed E-state index contributed by atoms with van der Waals surface area (Å²) in [5.74, 6) is 0.166. The van der Waals surface area contributed by atoms with Crippen molar-refractivity contribution >= 4 is 23.1 Å². The number of halogens is 4. The van der Waals surface area contributed by atoms with Gasteiger partial charge in [-0.3, -0.25) is 4.68 Å². The first kappa shape index (κ1) is 14.6. The van der Waals surface area contributed by atoms with E-state index in [-0.39, 0.29) is 10.8 Å². The molecule has 0 unspecified atom stereocenters. The van der Waals surface area contributed by atoms with Crippen LogP contribution in [0, 0.1) is 13.8 Å². The van der Waals surface area contributed by atoms with E-state index in [0.29, 0.717) is 11.4 Å². The average molecular weight is 305 g/mol. The van der Waals surface area contributed by atoms with Gasteiger partial charge in [-0.2, -0.15) is 18.3 Å². The second-order valence-corrected chi connectivity index (χ2v) is 4.75. The molecule has 4 nitrogen and oxygen atoms in total. The molecule has 0 radical (unpaired) electrons. The van der Waals surface area contributed by atoms with Crippen molar-refractivity contribution < 1.29 is 13.2 Å². The van der Waals surface area contributed by atoms with Gasteiger partial charge in [0.25, 0.3) is 0 Å². The van der Waals surface area contributed by atoms with E-state index in [1.165, 1.54) is 0 Å². The maximum atomic E-state index is 12.5. The van der Waals surface area contributed by atoms with Crippen LogP contribution in [0.1, 0.15) is 17.0 Å². The van der Waals surface area contributed by atoms with Crippen LogP contribution in [0.5, 0.6) is 0 Å². The van der Waals surface area contributed by atoms with Gasteiger partial charge in [0.05, 0.1) is 27.7 Å². The fourth-order valence-corrected chi connectivity index (χ4v) is 1.97. The number of nitrogens with one attached hydrogen (secondary N) is 1. The van der Waals surface area contributed by atoms with Crippen molar-refractivity contribution in [1.82, 2.24) is 14.8 Å². The van der Waals surface area contributed by atoms with Crippen molar-refractivity contribution in [3.63, 3.8) is 0 Å². The Labute approximate surface area is 118 Å². The summed E-state index contributed by atoms with van der Waals surface area (Å²) in [6.45, 7) is 3.62. The Kier molecular flexibility index (Phi) is 3.64. The lowest BCUT2D eigenvalue weighted by atomic mass is 10.2. The van der Waals surface area contributed by atoms with Crippen LogP contribution < -0.4 is 5.32 Å². The third kappa shape index (κ3) is 2.72. The molecule has 0 amide bonds. The molecule has 2 aromatic heterocycles. The van der Waals surface area contributed by atoms with Gasteiger partial charge in [-0.15, -0.1) is 0 Å². The van der Waals surface area contributed by atoms with Crippen molar-refractivity contribution in [2.45, 2.75) is 20.0 Å². The van der Waals surface area contributed by atoms with Gasteiger partial charge in [0.15, 0.2) is 0 Å².